The van der Waals surface area contributed by atoms with Gasteiger partial charge in [0.25, 0.3) is 0 Å². The van der Waals surface area contributed by atoms with Crippen molar-refractivity contribution in [1.29, 1.82) is 0 Å². The van der Waals surface area contributed by atoms with Crippen molar-refractivity contribution in [2.45, 2.75) is 144 Å². The molecular weight excluding hydrogens is 1200 g/mol. The van der Waals surface area contributed by atoms with E-state index in [0.29, 0.717) is 6.61 Å². The number of nitrogens with two attached hydrogens (primary N) is 1. The molecule has 90 heavy (non-hydrogen) atoms. The molecule has 494 valence electrons. The van der Waals surface area contributed by atoms with Crippen LogP contribution >= 0.6 is 11.6 Å². The first kappa shape index (κ1) is 82.7. The minimum Gasteiger partial charge on any atom is -0.481 e. The maximum atomic E-state index is 11.5. The van der Waals surface area contributed by atoms with Crippen molar-refractivity contribution < 1.29 is 115 Å². The number of aliphatic carboxylic acids is 2. The molecule has 0 unspecified atom stereocenters. The Hall–Kier alpha value is -9.36. The van der Waals surface area contributed by atoms with Crippen LogP contribution < -0.4 is 5.73 Å². The van der Waals surface area contributed by atoms with Crippen molar-refractivity contribution in [2.24, 2.45) is 5.73 Å². The van der Waals surface area contributed by atoms with Gasteiger partial charge in [-0.2, -0.15) is 0 Å². The molecular formula is C64H82ClNO24. The number of carbonyl (C=O) groups is 13. The number of carboxylic acid groups (broad SMARTS) is 2. The molecule has 25 nitrogen and oxygen atoms in total. The predicted octanol–water partition coefficient (Wildman–Crippen LogP) is 7.87. The van der Waals surface area contributed by atoms with Crippen LogP contribution in [0.5, 0.6) is 0 Å². The third kappa shape index (κ3) is 56.4. The monoisotopic (exact) mass is 1280 g/mol. The first-order valence-corrected chi connectivity index (χ1v) is 28.2. The molecule has 4 N–H and O–H groups in total. The number of hydrogen-bond acceptors (Lipinski definition) is 23. The van der Waals surface area contributed by atoms with E-state index in [1.165, 1.54) is 0 Å². The summed E-state index contributed by atoms with van der Waals surface area (Å²) in [5.41, 5.74) is 7.69. The molecule has 0 aromatic heterocycles. The molecule has 0 bridgehead atoms. The van der Waals surface area contributed by atoms with Crippen LogP contribution in [0, 0.1) is 0 Å². The van der Waals surface area contributed by atoms with Crippen molar-refractivity contribution in [3.8, 4) is 0 Å². The Morgan fingerprint density at radius 1 is 0.356 bits per heavy atom. The zero-order chi connectivity index (χ0) is 68.3. The van der Waals surface area contributed by atoms with E-state index in [1.54, 1.807) is 41.5 Å². The molecule has 0 amide bonds. The molecule has 4 rings (SSSR count). The average Bonchev–Trinajstić information content (AvgIpc) is 3.67. The Morgan fingerprint density at radius 3 is 0.944 bits per heavy atom. The van der Waals surface area contributed by atoms with Gasteiger partial charge < -0.3 is 58.6 Å². The van der Waals surface area contributed by atoms with Crippen molar-refractivity contribution >= 4 is 88.8 Å². The number of benzene rings is 4. The SMILES string of the molecule is CC(=O)OCC(=O)O.CC(=O)OCC(=O)OCC(=O)CCC(=O)OCc1ccccc1.CC(C)(C)OC(=O)CCC(=O)O.CC(C)(C)OC(=O)CCC(=O)OCc1ccccc1.NCC(=O)OCc1ccccc1.O=C(CCl)CCC(=O)OCc1ccccc1. The highest BCUT2D eigenvalue weighted by Gasteiger charge is 2.19. The van der Waals surface area contributed by atoms with Crippen LogP contribution in [-0.4, -0.2) is 131 Å². The number of carbonyl (C=O) groups excluding carboxylic acids is 11. The number of hydrogen-bond donors (Lipinski definition) is 3. The van der Waals surface area contributed by atoms with Gasteiger partial charge in [-0.3, -0.25) is 52.7 Å². The maximum Gasteiger partial charge on any atom is 0.344 e. The van der Waals surface area contributed by atoms with Gasteiger partial charge in [0, 0.05) is 26.7 Å². The van der Waals surface area contributed by atoms with Gasteiger partial charge in [-0.1, -0.05) is 121 Å². The molecule has 0 aliphatic rings. The minimum atomic E-state index is -1.14. The summed E-state index contributed by atoms with van der Waals surface area (Å²) < 4.78 is 42.9. The lowest BCUT2D eigenvalue weighted by Crippen LogP contribution is -2.24. The highest BCUT2D eigenvalue weighted by Crippen LogP contribution is 2.12. The molecule has 0 saturated heterocycles. The van der Waals surface area contributed by atoms with E-state index < -0.39 is 84.6 Å². The first-order chi connectivity index (χ1) is 42.3. The predicted molar refractivity (Wildman–Crippen MR) is 323 cm³/mol. The van der Waals surface area contributed by atoms with Gasteiger partial charge in [0.2, 0.25) is 0 Å². The van der Waals surface area contributed by atoms with Gasteiger partial charge in [0.1, 0.15) is 50.0 Å². The smallest absolute Gasteiger partial charge is 0.344 e. The van der Waals surface area contributed by atoms with Crippen molar-refractivity contribution in [2.75, 3.05) is 32.2 Å². The van der Waals surface area contributed by atoms with Crippen LogP contribution in [0.3, 0.4) is 0 Å². The zero-order valence-corrected chi connectivity index (χ0v) is 52.7. The summed E-state index contributed by atoms with van der Waals surface area (Å²) in [5.74, 6) is -7.25. The summed E-state index contributed by atoms with van der Waals surface area (Å²) in [7, 11) is 0. The van der Waals surface area contributed by atoms with E-state index in [2.05, 4.69) is 14.2 Å². The highest BCUT2D eigenvalue weighted by atomic mass is 35.5. The average molecular weight is 1280 g/mol. The summed E-state index contributed by atoms with van der Waals surface area (Å²) in [5, 5.41) is 16.1. The lowest BCUT2D eigenvalue weighted by atomic mass is 10.2. The van der Waals surface area contributed by atoms with Gasteiger partial charge in [0.05, 0.1) is 50.9 Å². The second-order valence-electron chi connectivity index (χ2n) is 20.2. The second kappa shape index (κ2) is 49.6. The third-order valence-electron chi connectivity index (χ3n) is 9.60. The maximum absolute atomic E-state index is 11.5. The van der Waals surface area contributed by atoms with Gasteiger partial charge in [0.15, 0.2) is 19.0 Å². The normalized spacial score (nSPS) is 9.98. The minimum absolute atomic E-state index is 0.0434. The number of ether oxygens (including phenoxy) is 9. The summed E-state index contributed by atoms with van der Waals surface area (Å²) in [6, 6.07) is 37.4. The van der Waals surface area contributed by atoms with Crippen LogP contribution in [0.1, 0.15) is 129 Å². The molecule has 0 radical (unpaired) electrons. The van der Waals surface area contributed by atoms with Crippen LogP contribution in [0.25, 0.3) is 0 Å². The Balaban J connectivity index is 0. The Kier molecular flexibility index (Phi) is 45.6. The van der Waals surface area contributed by atoms with Gasteiger partial charge in [-0.05, 0) is 63.8 Å². The van der Waals surface area contributed by atoms with Crippen LogP contribution in [0.15, 0.2) is 121 Å². The number of carboxylic acids is 2. The standard InChI is InChI=1S/C16H18O7.C15H20O4.C12H13ClO3.C9H11NO2.C8H14O4.C4H6O4/c1-12(17)21-11-16(20)23-10-14(18)7-8-15(19)22-9-13-5-3-2-4-6-13;1-15(2,3)19-14(17)10-9-13(16)18-11-12-7-5-4-6-8-12;13-8-11(14)6-7-12(15)16-9-10-4-2-1-3-5-10;10-6-9(11)12-7-8-4-2-1-3-5-8;1-8(2,3)12-7(11)5-4-6(9)10;1-3(5)8-2-4(6)7/h2-6H,7-11H2,1H3;4-8H,9-11H2,1-3H3;1-5H,6-9H2;1-5H,6-7,10H2;4-5H2,1-3H3,(H,9,10);2H2,1H3,(H,6,7). The molecule has 4 aromatic rings. The number of Topliss-reactive ketones (excluding diaryl/α,β-unsaturated/α-hetero) is 2. The molecule has 0 spiro atoms. The van der Waals surface area contributed by atoms with Crippen molar-refractivity contribution in [3.05, 3.63) is 144 Å². The Morgan fingerprint density at radius 2 is 0.656 bits per heavy atom. The lowest BCUT2D eigenvalue weighted by Gasteiger charge is -2.19. The molecule has 0 aliphatic heterocycles. The van der Waals surface area contributed by atoms with Crippen LogP contribution in [0.4, 0.5) is 0 Å². The van der Waals surface area contributed by atoms with E-state index in [4.69, 9.17) is 56.0 Å². The Labute approximate surface area is 528 Å². The number of ketones is 2. The van der Waals surface area contributed by atoms with E-state index in [-0.39, 0.29) is 107 Å². The number of esters is 9. The largest absolute Gasteiger partial charge is 0.481 e. The zero-order valence-electron chi connectivity index (χ0n) is 51.9. The quantitative estimate of drug-likeness (QED) is 0.0276. The van der Waals surface area contributed by atoms with Crippen molar-refractivity contribution in [3.63, 3.8) is 0 Å². The fraction of sp³-hybridized carbons (Fsp3) is 0.422. The van der Waals surface area contributed by atoms with Crippen molar-refractivity contribution in [1.82, 2.24) is 0 Å². The fourth-order valence-corrected chi connectivity index (χ4v) is 5.71. The second-order valence-corrected chi connectivity index (χ2v) is 20.4. The van der Waals surface area contributed by atoms with Gasteiger partial charge in [-0.15, -0.1) is 11.6 Å². The molecule has 0 heterocycles. The van der Waals surface area contributed by atoms with E-state index in [0.717, 1.165) is 36.1 Å². The van der Waals surface area contributed by atoms with Crippen LogP contribution in [-0.2, 0) is 131 Å². The summed E-state index contributed by atoms with van der Waals surface area (Å²) in [6.07, 6.45) is -0.0781. The molecule has 0 atom stereocenters. The highest BCUT2D eigenvalue weighted by molar-refractivity contribution is 6.27. The molecule has 0 aliphatic carbocycles. The number of alkyl halides is 1. The van der Waals surface area contributed by atoms with Crippen LogP contribution in [0.2, 0.25) is 0 Å². The Bertz CT molecular complexity index is 2790. The number of halogens is 1. The first-order valence-electron chi connectivity index (χ1n) is 27.7. The van der Waals surface area contributed by atoms with Gasteiger partial charge >= 0.3 is 65.7 Å². The van der Waals surface area contributed by atoms with E-state index in [9.17, 15) is 62.3 Å². The molecule has 4 aromatic carbocycles. The topological polar surface area (TPSA) is 371 Å². The van der Waals surface area contributed by atoms with E-state index >= 15 is 0 Å². The third-order valence-corrected chi connectivity index (χ3v) is 9.90. The fourth-order valence-electron chi connectivity index (χ4n) is 5.57. The molecule has 0 saturated carbocycles. The molecule has 26 heteroatoms. The number of rotatable bonds is 28. The van der Waals surface area contributed by atoms with E-state index in [1.807, 2.05) is 121 Å². The summed E-state index contributed by atoms with van der Waals surface area (Å²) in [6.45, 7) is 12.2. The summed E-state index contributed by atoms with van der Waals surface area (Å²) in [4.78, 5) is 141. The summed E-state index contributed by atoms with van der Waals surface area (Å²) >= 11 is 5.31. The van der Waals surface area contributed by atoms with Gasteiger partial charge in [-0.25, -0.2) is 9.59 Å². The molecule has 0 fully saturated rings. The lowest BCUT2D eigenvalue weighted by molar-refractivity contribution is -0.159.